The second kappa shape index (κ2) is 9.70. The summed E-state index contributed by atoms with van der Waals surface area (Å²) in [4.78, 5) is 0. The minimum Gasteiger partial charge on any atom is -0.174 e. The lowest BCUT2D eigenvalue weighted by atomic mass is 9.47. The fourth-order valence-corrected chi connectivity index (χ4v) is 3.86. The lowest BCUT2D eigenvalue weighted by molar-refractivity contribution is 0.136. The molecule has 0 aromatic carbocycles. The first-order valence-corrected chi connectivity index (χ1v) is 10.9. The van der Waals surface area contributed by atoms with Crippen LogP contribution in [-0.4, -0.2) is 27.0 Å². The lowest BCUT2D eigenvalue weighted by Gasteiger charge is -2.45. The van der Waals surface area contributed by atoms with Crippen molar-refractivity contribution in [3.8, 4) is 0 Å². The average Bonchev–Trinajstić information content (AvgIpc) is 2.42. The fourth-order valence-electron chi connectivity index (χ4n) is 3.34. The number of thioether (sulfide) groups is 1. The Morgan fingerprint density at radius 1 is 1.09 bits per heavy atom. The Bertz CT molecular complexity index is 300. The van der Waals surface area contributed by atoms with E-state index in [0.29, 0.717) is 10.8 Å². The summed E-state index contributed by atoms with van der Waals surface area (Å²) in [6.45, 7) is 19.6. The van der Waals surface area contributed by atoms with E-state index in [4.69, 9.17) is 0 Å². The van der Waals surface area contributed by atoms with Crippen molar-refractivity contribution in [1.29, 1.82) is 0 Å². The first-order chi connectivity index (χ1) is 9.98. The van der Waals surface area contributed by atoms with E-state index in [9.17, 15) is 0 Å². The maximum Gasteiger partial charge on any atom is 0.136 e. The smallest absolute Gasteiger partial charge is 0.136 e. The topological polar surface area (TPSA) is 0 Å². The predicted molar refractivity (Wildman–Crippen MR) is 113 cm³/mol. The van der Waals surface area contributed by atoms with E-state index in [1.165, 1.54) is 32.2 Å². The summed E-state index contributed by atoms with van der Waals surface area (Å²) in [7, 11) is 3.79. The predicted octanol–water partition coefficient (Wildman–Crippen LogP) is 5.49. The zero-order chi connectivity index (χ0) is 17.6. The van der Waals surface area contributed by atoms with E-state index in [0.717, 1.165) is 23.5 Å². The summed E-state index contributed by atoms with van der Waals surface area (Å²) in [5.41, 5.74) is 2.18. The van der Waals surface area contributed by atoms with Crippen LogP contribution < -0.4 is 0 Å². The maximum absolute atomic E-state index is 2.54. The zero-order valence-electron chi connectivity index (χ0n) is 17.3. The molecule has 3 atom stereocenters. The number of hydrogen-bond acceptors (Lipinski definition) is 1. The van der Waals surface area contributed by atoms with Gasteiger partial charge in [0, 0.05) is 0 Å². The van der Waals surface area contributed by atoms with Gasteiger partial charge in [-0.15, -0.1) is 0 Å². The van der Waals surface area contributed by atoms with Gasteiger partial charge in [-0.1, -0.05) is 86.3 Å². The molecule has 130 valence electrons. The van der Waals surface area contributed by atoms with Gasteiger partial charge in [0.2, 0.25) is 0 Å². The van der Waals surface area contributed by atoms with Crippen LogP contribution in [0.1, 0.15) is 74.7 Å². The molecule has 0 rings (SSSR count). The highest BCUT2D eigenvalue weighted by Crippen LogP contribution is 2.49. The normalized spacial score (nSPS) is 17.4. The van der Waals surface area contributed by atoms with Crippen LogP contribution in [0.3, 0.4) is 0 Å². The van der Waals surface area contributed by atoms with Crippen molar-refractivity contribution in [3.63, 3.8) is 0 Å². The van der Waals surface area contributed by atoms with E-state index in [1.807, 2.05) is 11.8 Å². The number of rotatable bonds is 11. The van der Waals surface area contributed by atoms with Crippen LogP contribution in [-0.2, 0) is 0 Å². The molecule has 0 aliphatic carbocycles. The lowest BCUT2D eigenvalue weighted by Crippen LogP contribution is -2.36. The van der Waals surface area contributed by atoms with Gasteiger partial charge in [0.25, 0.3) is 0 Å². The van der Waals surface area contributed by atoms with Crippen molar-refractivity contribution in [1.82, 2.24) is 0 Å². The minimum absolute atomic E-state index is 0.436. The molecule has 0 fully saturated rings. The van der Waals surface area contributed by atoms with Crippen molar-refractivity contribution in [3.05, 3.63) is 0 Å². The summed E-state index contributed by atoms with van der Waals surface area (Å²) in [6, 6.07) is 0. The summed E-state index contributed by atoms with van der Waals surface area (Å²) in [6.07, 6.45) is 6.30. The van der Waals surface area contributed by atoms with Gasteiger partial charge in [-0.2, -0.15) is 11.8 Å². The van der Waals surface area contributed by atoms with Gasteiger partial charge in [0.05, 0.1) is 0 Å². The molecule has 0 aliphatic rings. The Labute approximate surface area is 148 Å². The standard InChI is InChI=1S/C19H42B2S/c1-10-16(20)11-15(4)19(7,8)17(21-13-22-9)12-18(5,6)14(2)3/h14-17,21H,10-13,20H2,1-9H3. The maximum atomic E-state index is 2.54. The third-order valence-electron chi connectivity index (χ3n) is 6.78. The van der Waals surface area contributed by atoms with Gasteiger partial charge in [0.1, 0.15) is 15.1 Å². The highest BCUT2D eigenvalue weighted by molar-refractivity contribution is 7.99. The molecule has 0 aromatic rings. The van der Waals surface area contributed by atoms with E-state index in [2.05, 4.69) is 69.5 Å². The molecule has 0 bridgehead atoms. The molecule has 0 aromatic heterocycles. The summed E-state index contributed by atoms with van der Waals surface area (Å²) < 4.78 is 0. The van der Waals surface area contributed by atoms with Crippen LogP contribution in [0.15, 0.2) is 0 Å². The molecule has 0 spiro atoms. The quantitative estimate of drug-likeness (QED) is 0.453. The van der Waals surface area contributed by atoms with Crippen LogP contribution in [0.5, 0.6) is 0 Å². The Morgan fingerprint density at radius 2 is 1.64 bits per heavy atom. The molecule has 22 heavy (non-hydrogen) atoms. The van der Waals surface area contributed by atoms with Gasteiger partial charge in [-0.25, -0.2) is 0 Å². The molecule has 3 unspecified atom stereocenters. The first kappa shape index (κ1) is 22.5. The minimum atomic E-state index is 0.436. The van der Waals surface area contributed by atoms with Gasteiger partial charge in [-0.3, -0.25) is 0 Å². The average molecular weight is 324 g/mol. The van der Waals surface area contributed by atoms with Gasteiger partial charge < -0.3 is 0 Å². The molecule has 0 aliphatic heterocycles. The van der Waals surface area contributed by atoms with Gasteiger partial charge >= 0.3 is 0 Å². The number of hydrogen-bond donors (Lipinski definition) is 0. The van der Waals surface area contributed by atoms with Gasteiger partial charge in [-0.05, 0) is 34.6 Å². The van der Waals surface area contributed by atoms with Crippen LogP contribution in [0.25, 0.3) is 0 Å². The first-order valence-electron chi connectivity index (χ1n) is 9.47. The fraction of sp³-hybridized carbons (Fsp3) is 1.00. The summed E-state index contributed by atoms with van der Waals surface area (Å²) in [5.74, 6) is 3.24. The molecule has 0 nitrogen and oxygen atoms in total. The molecule has 0 saturated heterocycles. The van der Waals surface area contributed by atoms with Crippen molar-refractivity contribution < 1.29 is 0 Å². The van der Waals surface area contributed by atoms with Crippen LogP contribution in [0.4, 0.5) is 0 Å². The second-order valence-electron chi connectivity index (χ2n) is 9.30. The Balaban J connectivity index is 5.12. The highest BCUT2D eigenvalue weighted by Gasteiger charge is 2.38. The van der Waals surface area contributed by atoms with Crippen molar-refractivity contribution >= 4 is 26.9 Å². The Morgan fingerprint density at radius 3 is 2.05 bits per heavy atom. The highest BCUT2D eigenvalue weighted by atomic mass is 32.2. The van der Waals surface area contributed by atoms with E-state index >= 15 is 0 Å². The third-order valence-corrected chi connectivity index (χ3v) is 7.42. The van der Waals surface area contributed by atoms with E-state index < -0.39 is 0 Å². The summed E-state index contributed by atoms with van der Waals surface area (Å²) >= 11 is 2.01. The third kappa shape index (κ3) is 6.93. The molecule has 0 amide bonds. The largest absolute Gasteiger partial charge is 0.174 e. The monoisotopic (exact) mass is 324 g/mol. The van der Waals surface area contributed by atoms with Crippen LogP contribution >= 0.6 is 11.8 Å². The van der Waals surface area contributed by atoms with Crippen molar-refractivity contribution in [2.75, 3.05) is 11.9 Å². The second-order valence-corrected chi connectivity index (χ2v) is 10.3. The van der Waals surface area contributed by atoms with E-state index in [1.54, 1.807) is 0 Å². The SMILES string of the molecule is BC(CC)CC(C)C(C)(C)C(BCSC)CC(C)(C)C(C)C. The van der Waals surface area contributed by atoms with Gasteiger partial charge in [0.15, 0.2) is 0 Å². The van der Waals surface area contributed by atoms with Crippen molar-refractivity contribution in [2.45, 2.75) is 86.3 Å². The van der Waals surface area contributed by atoms with Crippen molar-refractivity contribution in [2.24, 2.45) is 22.7 Å². The van der Waals surface area contributed by atoms with E-state index in [-0.39, 0.29) is 0 Å². The summed E-state index contributed by atoms with van der Waals surface area (Å²) in [5, 5.41) is 0. The zero-order valence-corrected chi connectivity index (χ0v) is 18.1. The molecular formula is C19H42B2S. The van der Waals surface area contributed by atoms with Crippen LogP contribution in [0, 0.1) is 22.7 Å². The molecule has 0 radical (unpaired) electrons. The van der Waals surface area contributed by atoms with Crippen LogP contribution in [0.2, 0.25) is 11.6 Å². The molecule has 0 N–H and O–H groups in total. The molecule has 0 heterocycles. The Kier molecular flexibility index (Phi) is 9.91. The molecule has 0 saturated carbocycles. The Hall–Kier alpha value is 0.480. The molecular weight excluding hydrogens is 282 g/mol. The molecule has 3 heteroatoms.